The lowest BCUT2D eigenvalue weighted by atomic mass is 10.1. The van der Waals surface area contributed by atoms with Crippen LogP contribution in [0.1, 0.15) is 12.5 Å². The summed E-state index contributed by atoms with van der Waals surface area (Å²) in [6.07, 6.45) is 3.14. The lowest BCUT2D eigenvalue weighted by Crippen LogP contribution is -2.30. The normalized spacial score (nSPS) is 12.6. The summed E-state index contributed by atoms with van der Waals surface area (Å²) in [5, 5.41) is -1.21. The third kappa shape index (κ3) is 4.09. The first-order valence-electron chi connectivity index (χ1n) is 5.98. The largest absolute Gasteiger partial charge is 0.497 e. The number of benzene rings is 1. The van der Waals surface area contributed by atoms with Crippen LogP contribution < -0.4 is 9.47 Å². The molecule has 0 aromatic heterocycles. The highest BCUT2D eigenvalue weighted by atomic mass is 32.2. The molecular weight excluding hydrogens is 280 g/mol. The quantitative estimate of drug-likeness (QED) is 0.455. The van der Waals surface area contributed by atoms with E-state index in [0.29, 0.717) is 23.5 Å². The number of hydrogen-bond acceptors (Lipinski definition) is 5. The maximum absolute atomic E-state index is 11.8. The molecule has 6 heteroatoms. The van der Waals surface area contributed by atoms with Crippen LogP contribution in [0.15, 0.2) is 30.9 Å². The summed E-state index contributed by atoms with van der Waals surface area (Å²) in [6.45, 7) is 4.93. The molecule has 0 heterocycles. The Hall–Kier alpha value is -1.82. The van der Waals surface area contributed by atoms with Crippen LogP contribution in [0.25, 0.3) is 0 Å². The Kier molecular flexibility index (Phi) is 5.33. The number of carbonyl (C=O) groups is 1. The number of ether oxygens (including phenoxy) is 2. The Balaban J connectivity index is 3.02. The van der Waals surface area contributed by atoms with Crippen molar-refractivity contribution in [3.8, 4) is 11.5 Å². The molecule has 0 aliphatic rings. The van der Waals surface area contributed by atoms with E-state index in [4.69, 9.17) is 9.47 Å². The number of methoxy groups -OCH3 is 1. The molecule has 0 spiro atoms. The fourth-order valence-electron chi connectivity index (χ4n) is 1.46. The molecule has 1 atom stereocenters. The van der Waals surface area contributed by atoms with Gasteiger partial charge in [-0.2, -0.15) is 0 Å². The molecule has 0 bridgehead atoms. The molecular formula is C14H18O5S. The molecule has 1 rings (SSSR count). The van der Waals surface area contributed by atoms with Gasteiger partial charge >= 0.3 is 5.97 Å². The Morgan fingerprint density at radius 1 is 1.45 bits per heavy atom. The van der Waals surface area contributed by atoms with Crippen molar-refractivity contribution < 1.29 is 22.7 Å². The van der Waals surface area contributed by atoms with E-state index in [1.165, 1.54) is 14.0 Å². The molecule has 1 unspecified atom stereocenters. The van der Waals surface area contributed by atoms with Crippen molar-refractivity contribution in [1.82, 2.24) is 0 Å². The summed E-state index contributed by atoms with van der Waals surface area (Å²) in [4.78, 5) is 11.8. The third-order valence-corrected chi connectivity index (χ3v) is 4.29. The zero-order chi connectivity index (χ0) is 15.3. The average Bonchev–Trinajstić information content (AvgIpc) is 2.38. The van der Waals surface area contributed by atoms with E-state index in [2.05, 4.69) is 6.58 Å². The molecule has 20 heavy (non-hydrogen) atoms. The van der Waals surface area contributed by atoms with Crippen molar-refractivity contribution in [2.75, 3.05) is 13.4 Å². The highest BCUT2D eigenvalue weighted by Crippen LogP contribution is 2.25. The van der Waals surface area contributed by atoms with Gasteiger partial charge in [0.25, 0.3) is 0 Å². The van der Waals surface area contributed by atoms with E-state index in [9.17, 15) is 13.2 Å². The van der Waals surface area contributed by atoms with Gasteiger partial charge in [0.2, 0.25) is 0 Å². The van der Waals surface area contributed by atoms with Gasteiger partial charge in [0, 0.05) is 11.8 Å². The second-order valence-electron chi connectivity index (χ2n) is 4.36. The van der Waals surface area contributed by atoms with E-state index >= 15 is 0 Å². The average molecular weight is 298 g/mol. The van der Waals surface area contributed by atoms with E-state index in [-0.39, 0.29) is 0 Å². The molecule has 0 radical (unpaired) electrons. The zero-order valence-electron chi connectivity index (χ0n) is 11.8. The predicted molar refractivity (Wildman–Crippen MR) is 76.8 cm³/mol. The van der Waals surface area contributed by atoms with E-state index in [1.807, 2.05) is 0 Å². The Bertz CT molecular complexity index is 604. The minimum Gasteiger partial charge on any atom is -0.497 e. The SMILES string of the molecule is C=CCc1cc(OC)ccc1OC(=O)C(C)S(C)(=O)=O. The highest BCUT2D eigenvalue weighted by Gasteiger charge is 2.26. The van der Waals surface area contributed by atoms with Crippen LogP contribution in [0.5, 0.6) is 11.5 Å². The van der Waals surface area contributed by atoms with Gasteiger partial charge in [0.05, 0.1) is 7.11 Å². The Morgan fingerprint density at radius 2 is 2.10 bits per heavy atom. The first-order valence-corrected chi connectivity index (χ1v) is 7.93. The van der Waals surface area contributed by atoms with Gasteiger partial charge in [-0.1, -0.05) is 6.08 Å². The zero-order valence-corrected chi connectivity index (χ0v) is 12.6. The fourth-order valence-corrected chi connectivity index (χ4v) is 1.86. The van der Waals surface area contributed by atoms with Crippen LogP contribution in [0.2, 0.25) is 0 Å². The summed E-state index contributed by atoms with van der Waals surface area (Å²) in [5.74, 6) is 0.131. The molecule has 0 amide bonds. The number of allylic oxidation sites excluding steroid dienone is 1. The molecule has 0 saturated carbocycles. The molecule has 110 valence electrons. The molecule has 0 aliphatic carbocycles. The van der Waals surface area contributed by atoms with Crippen LogP contribution in [0.4, 0.5) is 0 Å². The van der Waals surface area contributed by atoms with Gasteiger partial charge in [0.15, 0.2) is 15.1 Å². The van der Waals surface area contributed by atoms with Crippen molar-refractivity contribution in [3.05, 3.63) is 36.4 Å². The Morgan fingerprint density at radius 3 is 2.60 bits per heavy atom. The van der Waals surface area contributed by atoms with Crippen LogP contribution in [0.3, 0.4) is 0 Å². The maximum Gasteiger partial charge on any atom is 0.329 e. The van der Waals surface area contributed by atoms with E-state index in [1.54, 1.807) is 24.3 Å². The van der Waals surface area contributed by atoms with Gasteiger partial charge in [-0.15, -0.1) is 6.58 Å². The number of carbonyl (C=O) groups excluding carboxylic acids is 1. The fraction of sp³-hybridized carbons (Fsp3) is 0.357. The lowest BCUT2D eigenvalue weighted by molar-refractivity contribution is -0.133. The molecule has 5 nitrogen and oxygen atoms in total. The first kappa shape index (κ1) is 16.2. The molecule has 0 N–H and O–H groups in total. The monoisotopic (exact) mass is 298 g/mol. The van der Waals surface area contributed by atoms with Crippen molar-refractivity contribution >= 4 is 15.8 Å². The number of rotatable bonds is 6. The van der Waals surface area contributed by atoms with Crippen molar-refractivity contribution in [2.45, 2.75) is 18.6 Å². The second-order valence-corrected chi connectivity index (χ2v) is 6.73. The van der Waals surface area contributed by atoms with E-state index < -0.39 is 21.1 Å². The molecule has 0 fully saturated rings. The smallest absolute Gasteiger partial charge is 0.329 e. The summed E-state index contributed by atoms with van der Waals surface area (Å²) < 4.78 is 32.9. The summed E-state index contributed by atoms with van der Waals surface area (Å²) in [5.41, 5.74) is 0.702. The third-order valence-electron chi connectivity index (χ3n) is 2.82. The topological polar surface area (TPSA) is 69.7 Å². The van der Waals surface area contributed by atoms with Gasteiger partial charge in [-0.25, -0.2) is 8.42 Å². The first-order chi connectivity index (χ1) is 9.29. The van der Waals surface area contributed by atoms with Crippen LogP contribution in [0, 0.1) is 0 Å². The molecule has 0 saturated heterocycles. The van der Waals surface area contributed by atoms with Crippen molar-refractivity contribution in [1.29, 1.82) is 0 Å². The minimum absolute atomic E-state index is 0.311. The minimum atomic E-state index is -3.48. The summed E-state index contributed by atoms with van der Waals surface area (Å²) in [6, 6.07) is 4.93. The lowest BCUT2D eigenvalue weighted by Gasteiger charge is -2.13. The second kappa shape index (κ2) is 6.56. The molecule has 1 aromatic carbocycles. The van der Waals surface area contributed by atoms with Crippen LogP contribution >= 0.6 is 0 Å². The Labute approximate surface area is 119 Å². The maximum atomic E-state index is 11.8. The van der Waals surface area contributed by atoms with Crippen molar-refractivity contribution in [2.24, 2.45) is 0 Å². The van der Waals surface area contributed by atoms with E-state index in [0.717, 1.165) is 6.26 Å². The standard InChI is InChI=1S/C14H18O5S/c1-5-6-11-9-12(18-3)7-8-13(11)19-14(15)10(2)20(4,16)17/h5,7-10H,1,6H2,2-4H3. The highest BCUT2D eigenvalue weighted by molar-refractivity contribution is 7.92. The van der Waals surface area contributed by atoms with Crippen LogP contribution in [-0.4, -0.2) is 33.0 Å². The molecule has 1 aromatic rings. The van der Waals surface area contributed by atoms with Crippen LogP contribution in [-0.2, 0) is 21.1 Å². The predicted octanol–water partition coefficient (Wildman–Crippen LogP) is 1.76. The summed E-state index contributed by atoms with van der Waals surface area (Å²) >= 11 is 0. The van der Waals surface area contributed by atoms with Gasteiger partial charge in [-0.3, -0.25) is 4.79 Å². The van der Waals surface area contributed by atoms with Gasteiger partial charge in [0.1, 0.15) is 11.5 Å². The number of hydrogen-bond donors (Lipinski definition) is 0. The number of sulfone groups is 1. The van der Waals surface area contributed by atoms with Gasteiger partial charge in [-0.05, 0) is 31.5 Å². The van der Waals surface area contributed by atoms with Crippen molar-refractivity contribution in [3.63, 3.8) is 0 Å². The number of esters is 1. The molecule has 0 aliphatic heterocycles. The van der Waals surface area contributed by atoms with Gasteiger partial charge < -0.3 is 9.47 Å². The summed E-state index contributed by atoms with van der Waals surface area (Å²) in [7, 11) is -1.95.